The first-order valence-electron chi connectivity index (χ1n) is 12.2. The van der Waals surface area contributed by atoms with Gasteiger partial charge in [-0.25, -0.2) is 10.0 Å². The SMILES string of the molecule is COc1nc(NC2CCN(C3(C)COC3)CC2)nn2ccc(-c3ccc(N=N)c(NC(C)C)c3)c12. The standard InChI is InChI=1S/C25H34N8O2/c1-16(2)27-21-13-17(5-6-20(21)30-26)19-9-12-33-22(19)23(34-4)29-24(31-33)28-18-7-10-32(11-8-18)25(3)14-35-15-25/h5-6,9,12-13,16,18,26-27H,7-8,10-11,14-15H2,1-4H3,(H,28,31). The zero-order valence-electron chi connectivity index (χ0n) is 20.8. The van der Waals surface area contributed by atoms with Crippen molar-refractivity contribution in [3.05, 3.63) is 30.5 Å². The van der Waals surface area contributed by atoms with Crippen molar-refractivity contribution in [2.45, 2.75) is 51.2 Å². The van der Waals surface area contributed by atoms with Crippen molar-refractivity contribution < 1.29 is 9.47 Å². The minimum atomic E-state index is 0.197. The quantitative estimate of drug-likeness (QED) is 0.407. The lowest BCUT2D eigenvalue weighted by atomic mass is 9.93. The molecule has 1 aromatic carbocycles. The molecule has 186 valence electrons. The molecule has 0 atom stereocenters. The summed E-state index contributed by atoms with van der Waals surface area (Å²) in [6, 6.07) is 8.38. The summed E-state index contributed by atoms with van der Waals surface area (Å²) >= 11 is 0. The van der Waals surface area contributed by atoms with Crippen molar-refractivity contribution in [2.24, 2.45) is 5.11 Å². The Morgan fingerprint density at radius 3 is 2.63 bits per heavy atom. The van der Waals surface area contributed by atoms with E-state index in [9.17, 15) is 0 Å². The van der Waals surface area contributed by atoms with E-state index in [0.717, 1.165) is 61.5 Å². The molecule has 0 bridgehead atoms. The molecule has 0 aliphatic carbocycles. The van der Waals surface area contributed by atoms with Crippen molar-refractivity contribution in [3.8, 4) is 17.0 Å². The Hall–Kier alpha value is -3.24. The maximum absolute atomic E-state index is 7.48. The van der Waals surface area contributed by atoms with E-state index < -0.39 is 0 Å². The maximum atomic E-state index is 7.48. The van der Waals surface area contributed by atoms with Crippen LogP contribution < -0.4 is 15.4 Å². The van der Waals surface area contributed by atoms with E-state index in [2.05, 4.69) is 41.4 Å². The molecular weight excluding hydrogens is 444 g/mol. The molecule has 4 heterocycles. The molecule has 2 fully saturated rings. The van der Waals surface area contributed by atoms with Crippen LogP contribution in [0.25, 0.3) is 16.6 Å². The maximum Gasteiger partial charge on any atom is 0.244 e. The average Bonchev–Trinajstić information content (AvgIpc) is 3.26. The molecular formula is C25H34N8O2. The van der Waals surface area contributed by atoms with E-state index in [0.29, 0.717) is 23.6 Å². The molecule has 2 aliphatic rings. The molecule has 2 aromatic heterocycles. The number of likely N-dealkylation sites (tertiary alicyclic amines) is 1. The van der Waals surface area contributed by atoms with Gasteiger partial charge in [-0.15, -0.1) is 5.10 Å². The van der Waals surface area contributed by atoms with Gasteiger partial charge >= 0.3 is 0 Å². The van der Waals surface area contributed by atoms with E-state index in [4.69, 9.17) is 25.1 Å². The fourth-order valence-corrected chi connectivity index (χ4v) is 4.98. The fourth-order valence-electron chi connectivity index (χ4n) is 4.98. The Balaban J connectivity index is 1.38. The van der Waals surface area contributed by atoms with Crippen LogP contribution in [0.3, 0.4) is 0 Å². The molecule has 35 heavy (non-hydrogen) atoms. The van der Waals surface area contributed by atoms with Crippen LogP contribution >= 0.6 is 0 Å². The number of aromatic nitrogens is 3. The third-order valence-electron chi connectivity index (χ3n) is 6.96. The van der Waals surface area contributed by atoms with Crippen LogP contribution in [0.1, 0.15) is 33.6 Å². The van der Waals surface area contributed by atoms with Gasteiger partial charge in [0.15, 0.2) is 0 Å². The number of nitrogens with one attached hydrogen (secondary N) is 3. The van der Waals surface area contributed by atoms with Gasteiger partial charge in [0.1, 0.15) is 11.2 Å². The molecule has 10 nitrogen and oxygen atoms in total. The third-order valence-corrected chi connectivity index (χ3v) is 6.96. The van der Waals surface area contributed by atoms with Gasteiger partial charge in [-0.05, 0) is 57.4 Å². The summed E-state index contributed by atoms with van der Waals surface area (Å²) in [6.07, 6.45) is 4.00. The van der Waals surface area contributed by atoms with E-state index in [1.807, 2.05) is 35.0 Å². The predicted molar refractivity (Wildman–Crippen MR) is 136 cm³/mol. The predicted octanol–water partition coefficient (Wildman–Crippen LogP) is 4.55. The second-order valence-electron chi connectivity index (χ2n) is 10.0. The molecule has 0 amide bonds. The minimum absolute atomic E-state index is 0.197. The molecule has 10 heteroatoms. The third kappa shape index (κ3) is 4.55. The van der Waals surface area contributed by atoms with Crippen molar-refractivity contribution in [1.29, 1.82) is 5.53 Å². The van der Waals surface area contributed by atoms with E-state index in [1.54, 1.807) is 7.11 Å². The number of ether oxygens (including phenoxy) is 2. The second kappa shape index (κ2) is 9.43. The van der Waals surface area contributed by atoms with Crippen LogP contribution in [-0.2, 0) is 4.74 Å². The minimum Gasteiger partial charge on any atom is -0.479 e. The summed E-state index contributed by atoms with van der Waals surface area (Å²) in [7, 11) is 1.64. The first kappa shape index (κ1) is 23.5. The molecule has 3 N–H and O–H groups in total. The monoisotopic (exact) mass is 478 g/mol. The highest BCUT2D eigenvalue weighted by atomic mass is 16.5. The summed E-state index contributed by atoms with van der Waals surface area (Å²) in [5.74, 6) is 1.09. The highest BCUT2D eigenvalue weighted by molar-refractivity contribution is 5.87. The molecule has 2 aliphatic heterocycles. The highest BCUT2D eigenvalue weighted by Gasteiger charge is 2.40. The lowest BCUT2D eigenvalue weighted by molar-refractivity contribution is -0.135. The Kier molecular flexibility index (Phi) is 6.33. The molecule has 0 radical (unpaired) electrons. The molecule has 0 unspecified atom stereocenters. The van der Waals surface area contributed by atoms with E-state index in [-0.39, 0.29) is 11.6 Å². The normalized spacial score (nSPS) is 18.4. The smallest absolute Gasteiger partial charge is 0.244 e. The van der Waals surface area contributed by atoms with Crippen molar-refractivity contribution >= 4 is 22.8 Å². The summed E-state index contributed by atoms with van der Waals surface area (Å²) in [5, 5.41) is 15.3. The molecule has 2 saturated heterocycles. The Morgan fingerprint density at radius 1 is 1.23 bits per heavy atom. The van der Waals surface area contributed by atoms with Crippen LogP contribution in [-0.4, -0.2) is 70.5 Å². The summed E-state index contributed by atoms with van der Waals surface area (Å²) in [5.41, 5.74) is 11.8. The number of anilines is 2. The Bertz CT molecular complexity index is 1210. The molecule has 0 saturated carbocycles. The average molecular weight is 479 g/mol. The van der Waals surface area contributed by atoms with Crippen molar-refractivity contribution in [2.75, 3.05) is 44.0 Å². The Labute approximate surface area is 205 Å². The van der Waals surface area contributed by atoms with Crippen molar-refractivity contribution in [1.82, 2.24) is 19.5 Å². The van der Waals surface area contributed by atoms with E-state index >= 15 is 0 Å². The number of hydrogen-bond acceptors (Lipinski definition) is 9. The van der Waals surface area contributed by atoms with Crippen LogP contribution in [0.4, 0.5) is 17.3 Å². The topological polar surface area (TPSA) is 112 Å². The lowest BCUT2D eigenvalue weighted by Crippen LogP contribution is -2.62. The number of rotatable bonds is 8. The second-order valence-corrected chi connectivity index (χ2v) is 10.0. The summed E-state index contributed by atoms with van der Waals surface area (Å²) in [6.45, 7) is 10.1. The number of nitrogens with zero attached hydrogens (tertiary/aromatic N) is 5. The summed E-state index contributed by atoms with van der Waals surface area (Å²) in [4.78, 5) is 7.25. The van der Waals surface area contributed by atoms with Gasteiger partial charge in [-0.3, -0.25) is 4.90 Å². The van der Waals surface area contributed by atoms with Gasteiger partial charge in [0, 0.05) is 36.9 Å². The highest BCUT2D eigenvalue weighted by Crippen LogP contribution is 2.36. The zero-order chi connectivity index (χ0) is 24.6. The molecule has 5 rings (SSSR count). The number of hydrogen-bond donors (Lipinski definition) is 3. The summed E-state index contributed by atoms with van der Waals surface area (Å²) < 4.78 is 13.0. The lowest BCUT2D eigenvalue weighted by Gasteiger charge is -2.49. The van der Waals surface area contributed by atoms with Gasteiger partial charge in [0.05, 0.1) is 31.5 Å². The largest absolute Gasteiger partial charge is 0.479 e. The number of benzene rings is 1. The fraction of sp³-hybridized carbons (Fsp3) is 0.520. The van der Waals surface area contributed by atoms with Gasteiger partial charge in [-0.1, -0.05) is 6.07 Å². The van der Waals surface area contributed by atoms with E-state index in [1.165, 1.54) is 0 Å². The zero-order valence-corrected chi connectivity index (χ0v) is 20.8. The van der Waals surface area contributed by atoms with Gasteiger partial charge < -0.3 is 20.1 Å². The van der Waals surface area contributed by atoms with Crippen LogP contribution in [0.5, 0.6) is 5.88 Å². The number of fused-ring (bicyclic) bond motifs is 1. The van der Waals surface area contributed by atoms with Crippen LogP contribution in [0.2, 0.25) is 0 Å². The van der Waals surface area contributed by atoms with Crippen molar-refractivity contribution in [3.63, 3.8) is 0 Å². The molecule has 0 spiro atoms. The van der Waals surface area contributed by atoms with Crippen LogP contribution in [0.15, 0.2) is 35.6 Å². The molecule has 3 aromatic rings. The van der Waals surface area contributed by atoms with Gasteiger partial charge in [0.25, 0.3) is 0 Å². The van der Waals surface area contributed by atoms with Gasteiger partial charge in [0.2, 0.25) is 11.8 Å². The number of methoxy groups -OCH3 is 1. The first-order valence-corrected chi connectivity index (χ1v) is 12.2. The van der Waals surface area contributed by atoms with Crippen LogP contribution in [0, 0.1) is 5.53 Å². The Morgan fingerprint density at radius 2 is 2.00 bits per heavy atom. The number of piperidine rings is 1. The first-order chi connectivity index (χ1) is 16.9. The van der Waals surface area contributed by atoms with Gasteiger partial charge in [-0.2, -0.15) is 10.1 Å².